The molecule has 6 nitrogen and oxygen atoms in total. The predicted octanol–water partition coefficient (Wildman–Crippen LogP) is 5.57. The minimum Gasteiger partial charge on any atom is -0.497 e. The van der Waals surface area contributed by atoms with Crippen LogP contribution in [0.25, 0.3) is 32.7 Å². The minimum atomic E-state index is -0.263. The molecule has 7 heteroatoms. The summed E-state index contributed by atoms with van der Waals surface area (Å²) in [6, 6.07) is 13.9. The molecule has 1 saturated heterocycles. The number of amides is 2. The third kappa shape index (κ3) is 3.72. The first-order valence-electron chi connectivity index (χ1n) is 11.2. The summed E-state index contributed by atoms with van der Waals surface area (Å²) < 4.78 is 7.67. The number of nitrogens with zero attached hydrogens (tertiary/aromatic N) is 3. The number of halogens is 1. The van der Waals surface area contributed by atoms with Gasteiger partial charge in [-0.1, -0.05) is 49.7 Å². The van der Waals surface area contributed by atoms with Gasteiger partial charge in [0.1, 0.15) is 10.9 Å². The van der Waals surface area contributed by atoms with Crippen LogP contribution < -0.4 is 4.74 Å². The molecule has 2 amide bonds. The molecule has 1 aliphatic heterocycles. The zero-order chi connectivity index (χ0) is 23.3. The Morgan fingerprint density at radius 3 is 2.39 bits per heavy atom. The van der Waals surface area contributed by atoms with E-state index in [4.69, 9.17) is 21.3 Å². The van der Waals surface area contributed by atoms with Crippen LogP contribution in [0.15, 0.2) is 42.5 Å². The number of carbonyl (C=O) groups excluding carboxylic acids is 2. The van der Waals surface area contributed by atoms with E-state index in [2.05, 4.69) is 10.6 Å². The Morgan fingerprint density at radius 1 is 1.00 bits per heavy atom. The first kappa shape index (κ1) is 21.7. The Balaban J connectivity index is 1.56. The number of likely N-dealkylation sites (tertiary alicyclic amines) is 1. The molecule has 0 aliphatic carbocycles. The molecule has 0 atom stereocenters. The second kappa shape index (κ2) is 8.03. The number of piperidine rings is 1. The molecule has 33 heavy (non-hydrogen) atoms. The summed E-state index contributed by atoms with van der Waals surface area (Å²) in [6.45, 7) is 4.98. The Bertz CT molecular complexity index is 1400. The molecular formula is C26H26ClN3O3. The van der Waals surface area contributed by atoms with Gasteiger partial charge in [-0.15, -0.1) is 0 Å². The summed E-state index contributed by atoms with van der Waals surface area (Å²) >= 11 is 6.55. The monoisotopic (exact) mass is 463 g/mol. The lowest BCUT2D eigenvalue weighted by Crippen LogP contribution is -2.46. The molecule has 0 N–H and O–H groups in total. The number of aromatic nitrogens is 2. The van der Waals surface area contributed by atoms with Crippen molar-refractivity contribution < 1.29 is 14.3 Å². The van der Waals surface area contributed by atoms with Gasteiger partial charge >= 0.3 is 0 Å². The maximum absolute atomic E-state index is 12.6. The zero-order valence-corrected chi connectivity index (χ0v) is 19.8. The number of aryl methyl sites for hydroxylation is 1. The van der Waals surface area contributed by atoms with E-state index in [1.165, 1.54) is 4.90 Å². The van der Waals surface area contributed by atoms with E-state index in [-0.39, 0.29) is 17.2 Å². The van der Waals surface area contributed by atoms with Gasteiger partial charge in [0.2, 0.25) is 11.8 Å². The normalized spacial score (nSPS) is 16.3. The van der Waals surface area contributed by atoms with Crippen LogP contribution in [-0.2, 0) is 16.1 Å². The topological polar surface area (TPSA) is 64.4 Å². The summed E-state index contributed by atoms with van der Waals surface area (Å²) in [5.74, 6) is 0.587. The van der Waals surface area contributed by atoms with E-state index in [0.717, 1.165) is 38.5 Å². The molecule has 3 heterocycles. The van der Waals surface area contributed by atoms with Gasteiger partial charge in [-0.2, -0.15) is 0 Å². The van der Waals surface area contributed by atoms with Gasteiger partial charge in [0, 0.05) is 42.1 Å². The highest BCUT2D eigenvalue weighted by atomic mass is 35.5. The van der Waals surface area contributed by atoms with Crippen LogP contribution in [0.1, 0.15) is 33.1 Å². The molecule has 0 radical (unpaired) electrons. The highest BCUT2D eigenvalue weighted by Gasteiger charge is 2.37. The highest BCUT2D eigenvalue weighted by Crippen LogP contribution is 2.37. The van der Waals surface area contributed by atoms with E-state index in [1.807, 2.05) is 50.2 Å². The maximum atomic E-state index is 12.6. The van der Waals surface area contributed by atoms with Crippen LogP contribution in [0.5, 0.6) is 5.75 Å². The van der Waals surface area contributed by atoms with Crippen LogP contribution in [0.4, 0.5) is 0 Å². The Labute approximate surface area is 197 Å². The lowest BCUT2D eigenvalue weighted by molar-refractivity contribution is -0.152. The Hall–Kier alpha value is -3.12. The first-order chi connectivity index (χ1) is 15.8. The van der Waals surface area contributed by atoms with Crippen molar-refractivity contribution in [2.45, 2.75) is 39.7 Å². The number of pyridine rings is 1. The standard InChI is InChI=1S/C26H26ClN3O3/c1-26(2)14-21(31)30(22(32)15-26)12-6-11-29-20-10-9-16(33-3)13-19(20)23-24(29)17-7-4-5-8-18(17)25(27)28-23/h4-5,7-10,13H,6,11-12,14-15H2,1-3H3. The first-order valence-corrected chi connectivity index (χ1v) is 11.5. The van der Waals surface area contributed by atoms with E-state index in [1.54, 1.807) is 7.11 Å². The molecular weight excluding hydrogens is 438 g/mol. The minimum absolute atomic E-state index is 0.0814. The molecule has 0 spiro atoms. The molecule has 0 unspecified atom stereocenters. The van der Waals surface area contributed by atoms with Crippen LogP contribution in [0.2, 0.25) is 5.15 Å². The number of fused-ring (bicyclic) bond motifs is 5. The fourth-order valence-corrected chi connectivity index (χ4v) is 5.19. The molecule has 1 aliphatic rings. The molecule has 2 aromatic heterocycles. The van der Waals surface area contributed by atoms with Crippen molar-refractivity contribution in [2.75, 3.05) is 13.7 Å². The third-order valence-corrected chi connectivity index (χ3v) is 6.77. The summed E-state index contributed by atoms with van der Waals surface area (Å²) in [5, 5.41) is 3.34. The molecule has 1 fully saturated rings. The number of ether oxygens (including phenoxy) is 1. The van der Waals surface area contributed by atoms with Crippen LogP contribution in [-0.4, -0.2) is 39.9 Å². The number of rotatable bonds is 5. The number of benzene rings is 2. The fraction of sp³-hybridized carbons (Fsp3) is 0.346. The van der Waals surface area contributed by atoms with Crippen LogP contribution in [0.3, 0.4) is 0 Å². The quantitative estimate of drug-likeness (QED) is 0.286. The lowest BCUT2D eigenvalue weighted by atomic mass is 9.82. The van der Waals surface area contributed by atoms with Gasteiger partial charge in [-0.05, 0) is 30.0 Å². The number of carbonyl (C=O) groups is 2. The number of hydrogen-bond acceptors (Lipinski definition) is 4. The Kier molecular flexibility index (Phi) is 5.28. The number of imide groups is 1. The summed E-state index contributed by atoms with van der Waals surface area (Å²) in [6.07, 6.45) is 1.46. The maximum Gasteiger partial charge on any atom is 0.229 e. The van der Waals surface area contributed by atoms with Crippen LogP contribution >= 0.6 is 11.6 Å². The van der Waals surface area contributed by atoms with Gasteiger partial charge in [0.05, 0.1) is 23.7 Å². The largest absolute Gasteiger partial charge is 0.497 e. The predicted molar refractivity (Wildman–Crippen MR) is 131 cm³/mol. The SMILES string of the molecule is COc1ccc2c(c1)c1nc(Cl)c3ccccc3c1n2CCCN1C(=O)CC(C)(C)CC1=O. The van der Waals surface area contributed by atoms with Gasteiger partial charge in [-0.25, -0.2) is 4.98 Å². The summed E-state index contributed by atoms with van der Waals surface area (Å²) in [4.78, 5) is 31.3. The van der Waals surface area contributed by atoms with Gasteiger partial charge < -0.3 is 9.30 Å². The molecule has 4 aromatic rings. The summed E-state index contributed by atoms with van der Waals surface area (Å²) in [7, 11) is 1.64. The van der Waals surface area contributed by atoms with Crippen molar-refractivity contribution in [1.82, 2.24) is 14.5 Å². The molecule has 0 saturated carbocycles. The van der Waals surface area contributed by atoms with E-state index >= 15 is 0 Å². The molecule has 0 bridgehead atoms. The van der Waals surface area contributed by atoms with Crippen molar-refractivity contribution in [3.05, 3.63) is 47.6 Å². The van der Waals surface area contributed by atoms with Crippen molar-refractivity contribution in [1.29, 1.82) is 0 Å². The van der Waals surface area contributed by atoms with E-state index in [0.29, 0.717) is 37.5 Å². The summed E-state index contributed by atoms with van der Waals surface area (Å²) in [5.41, 5.74) is 2.57. The lowest BCUT2D eigenvalue weighted by Gasteiger charge is -2.34. The zero-order valence-electron chi connectivity index (χ0n) is 19.0. The van der Waals surface area contributed by atoms with Gasteiger partial charge in [0.15, 0.2) is 0 Å². The smallest absolute Gasteiger partial charge is 0.229 e. The van der Waals surface area contributed by atoms with E-state index in [9.17, 15) is 9.59 Å². The van der Waals surface area contributed by atoms with Crippen molar-refractivity contribution >= 4 is 56.1 Å². The van der Waals surface area contributed by atoms with Crippen LogP contribution in [0, 0.1) is 5.41 Å². The van der Waals surface area contributed by atoms with E-state index < -0.39 is 0 Å². The van der Waals surface area contributed by atoms with Gasteiger partial charge in [0.25, 0.3) is 0 Å². The fourth-order valence-electron chi connectivity index (χ4n) is 4.94. The average molecular weight is 464 g/mol. The Morgan fingerprint density at radius 2 is 1.70 bits per heavy atom. The van der Waals surface area contributed by atoms with Gasteiger partial charge in [-0.3, -0.25) is 14.5 Å². The number of hydrogen-bond donors (Lipinski definition) is 0. The second-order valence-corrected chi connectivity index (χ2v) is 9.85. The highest BCUT2D eigenvalue weighted by molar-refractivity contribution is 6.36. The van der Waals surface area contributed by atoms with Crippen molar-refractivity contribution in [3.8, 4) is 5.75 Å². The molecule has 170 valence electrons. The van der Waals surface area contributed by atoms with Crippen molar-refractivity contribution in [3.63, 3.8) is 0 Å². The average Bonchev–Trinajstić information content (AvgIpc) is 3.08. The second-order valence-electron chi connectivity index (χ2n) is 9.49. The molecule has 2 aromatic carbocycles. The third-order valence-electron chi connectivity index (χ3n) is 6.48. The number of methoxy groups -OCH3 is 1. The molecule has 5 rings (SSSR count). The van der Waals surface area contributed by atoms with Crippen molar-refractivity contribution in [2.24, 2.45) is 5.41 Å².